The zero-order chi connectivity index (χ0) is 16.8. The predicted molar refractivity (Wildman–Crippen MR) is 89.7 cm³/mol. The molecule has 1 atom stereocenters. The molecule has 0 saturated carbocycles. The molecule has 1 saturated heterocycles. The van der Waals surface area contributed by atoms with Crippen LogP contribution in [0.4, 0.5) is 0 Å². The van der Waals surface area contributed by atoms with E-state index in [0.29, 0.717) is 31.7 Å². The molecule has 126 valence electrons. The zero-order valence-corrected chi connectivity index (χ0v) is 14.6. The van der Waals surface area contributed by atoms with Crippen LogP contribution < -0.4 is 4.74 Å². The molecule has 1 amide bonds. The Labute approximate surface area is 141 Å². The van der Waals surface area contributed by atoms with Crippen LogP contribution in [-0.4, -0.2) is 48.3 Å². The number of esters is 1. The van der Waals surface area contributed by atoms with Crippen LogP contribution >= 0.6 is 11.8 Å². The standard InChI is InChI=1S/C17H23NO4S/c1-12(21-14-4-6-16(23-3)7-5-14)17(20)18-10-8-15(9-11-18)22-13(2)19/h4-7,12,15H,8-11H2,1-3H3. The molecular weight excluding hydrogens is 314 g/mol. The Morgan fingerprint density at radius 3 is 2.35 bits per heavy atom. The predicted octanol–water partition coefficient (Wildman–Crippen LogP) is 2.73. The van der Waals surface area contributed by atoms with E-state index >= 15 is 0 Å². The number of carbonyl (C=O) groups excluding carboxylic acids is 2. The summed E-state index contributed by atoms with van der Waals surface area (Å²) in [4.78, 5) is 26.3. The summed E-state index contributed by atoms with van der Waals surface area (Å²) in [7, 11) is 0. The van der Waals surface area contributed by atoms with Crippen LogP contribution in [0.2, 0.25) is 0 Å². The molecular formula is C17H23NO4S. The summed E-state index contributed by atoms with van der Waals surface area (Å²) in [5.41, 5.74) is 0. The summed E-state index contributed by atoms with van der Waals surface area (Å²) in [5.74, 6) is 0.402. The van der Waals surface area contributed by atoms with Gasteiger partial charge in [0.2, 0.25) is 0 Å². The fraction of sp³-hybridized carbons (Fsp3) is 0.529. The van der Waals surface area contributed by atoms with Crippen molar-refractivity contribution in [3.63, 3.8) is 0 Å². The molecule has 1 aliphatic heterocycles. The van der Waals surface area contributed by atoms with E-state index < -0.39 is 6.10 Å². The summed E-state index contributed by atoms with van der Waals surface area (Å²) in [6.07, 6.45) is 2.77. The first-order valence-corrected chi connectivity index (χ1v) is 8.98. The van der Waals surface area contributed by atoms with Gasteiger partial charge in [-0.1, -0.05) is 0 Å². The van der Waals surface area contributed by atoms with Gasteiger partial charge in [-0.3, -0.25) is 9.59 Å². The Hall–Kier alpha value is -1.69. The van der Waals surface area contributed by atoms with Crippen molar-refractivity contribution in [3.05, 3.63) is 24.3 Å². The summed E-state index contributed by atoms with van der Waals surface area (Å²) >= 11 is 1.66. The van der Waals surface area contributed by atoms with Crippen LogP contribution in [0.25, 0.3) is 0 Å². The van der Waals surface area contributed by atoms with Crippen molar-refractivity contribution < 1.29 is 19.1 Å². The monoisotopic (exact) mass is 337 g/mol. The molecule has 0 bridgehead atoms. The van der Waals surface area contributed by atoms with Gasteiger partial charge in [0, 0.05) is 37.8 Å². The molecule has 23 heavy (non-hydrogen) atoms. The van der Waals surface area contributed by atoms with E-state index in [2.05, 4.69) is 0 Å². The topological polar surface area (TPSA) is 55.8 Å². The second-order valence-corrected chi connectivity index (χ2v) is 6.45. The number of ether oxygens (including phenoxy) is 2. The normalized spacial score (nSPS) is 16.7. The van der Waals surface area contributed by atoms with Crippen molar-refractivity contribution in [2.75, 3.05) is 19.3 Å². The molecule has 1 aliphatic rings. The van der Waals surface area contributed by atoms with E-state index in [1.165, 1.54) is 6.92 Å². The van der Waals surface area contributed by atoms with Crippen LogP contribution in [0, 0.1) is 0 Å². The third kappa shape index (κ3) is 5.16. The summed E-state index contributed by atoms with van der Waals surface area (Å²) in [6.45, 7) is 4.37. The first kappa shape index (κ1) is 17.7. The lowest BCUT2D eigenvalue weighted by molar-refractivity contribution is -0.150. The number of thioether (sulfide) groups is 1. The van der Waals surface area contributed by atoms with Gasteiger partial charge in [0.25, 0.3) is 5.91 Å². The number of amides is 1. The molecule has 1 aromatic carbocycles. The lowest BCUT2D eigenvalue weighted by atomic mass is 10.1. The van der Waals surface area contributed by atoms with Gasteiger partial charge in [0.05, 0.1) is 0 Å². The van der Waals surface area contributed by atoms with E-state index in [1.807, 2.05) is 30.5 Å². The SMILES string of the molecule is CSc1ccc(OC(C)C(=O)N2CCC(OC(C)=O)CC2)cc1. The minimum Gasteiger partial charge on any atom is -0.481 e. The van der Waals surface area contributed by atoms with E-state index in [0.717, 1.165) is 4.90 Å². The Morgan fingerprint density at radius 1 is 1.22 bits per heavy atom. The molecule has 1 aromatic rings. The fourth-order valence-electron chi connectivity index (χ4n) is 2.59. The summed E-state index contributed by atoms with van der Waals surface area (Å²) < 4.78 is 10.9. The number of hydrogen-bond acceptors (Lipinski definition) is 5. The highest BCUT2D eigenvalue weighted by Gasteiger charge is 2.28. The van der Waals surface area contributed by atoms with Crippen LogP contribution in [0.1, 0.15) is 26.7 Å². The molecule has 0 spiro atoms. The quantitative estimate of drug-likeness (QED) is 0.611. The minimum atomic E-state index is -0.527. The minimum absolute atomic E-state index is 0.0276. The highest BCUT2D eigenvalue weighted by atomic mass is 32.2. The second kappa shape index (κ2) is 8.24. The molecule has 5 nitrogen and oxygen atoms in total. The number of carbonyl (C=O) groups is 2. The maximum Gasteiger partial charge on any atom is 0.302 e. The molecule has 0 N–H and O–H groups in total. The highest BCUT2D eigenvalue weighted by molar-refractivity contribution is 7.98. The van der Waals surface area contributed by atoms with Crippen molar-refractivity contribution in [1.29, 1.82) is 0 Å². The lowest BCUT2D eigenvalue weighted by Gasteiger charge is -2.33. The van der Waals surface area contributed by atoms with Crippen molar-refractivity contribution in [3.8, 4) is 5.75 Å². The van der Waals surface area contributed by atoms with E-state index in [9.17, 15) is 9.59 Å². The first-order valence-electron chi connectivity index (χ1n) is 7.76. The number of nitrogens with zero attached hydrogens (tertiary/aromatic N) is 1. The Bertz CT molecular complexity index is 538. The first-order chi connectivity index (χ1) is 11.0. The van der Waals surface area contributed by atoms with Gasteiger partial charge in [-0.2, -0.15) is 0 Å². The van der Waals surface area contributed by atoms with Gasteiger partial charge in [-0.15, -0.1) is 11.8 Å². The molecule has 2 rings (SSSR count). The van der Waals surface area contributed by atoms with E-state index in [-0.39, 0.29) is 18.0 Å². The van der Waals surface area contributed by atoms with Gasteiger partial charge >= 0.3 is 5.97 Å². The van der Waals surface area contributed by atoms with Gasteiger partial charge in [-0.25, -0.2) is 0 Å². The van der Waals surface area contributed by atoms with Crippen molar-refractivity contribution in [1.82, 2.24) is 4.90 Å². The number of rotatable bonds is 5. The molecule has 6 heteroatoms. The second-order valence-electron chi connectivity index (χ2n) is 5.57. The molecule has 1 unspecified atom stereocenters. The van der Waals surface area contributed by atoms with Crippen molar-refractivity contribution in [2.24, 2.45) is 0 Å². The van der Waals surface area contributed by atoms with Crippen LogP contribution in [-0.2, 0) is 14.3 Å². The van der Waals surface area contributed by atoms with Gasteiger partial charge in [0.1, 0.15) is 11.9 Å². The number of hydrogen-bond donors (Lipinski definition) is 0. The van der Waals surface area contributed by atoms with Gasteiger partial charge in [-0.05, 0) is 37.4 Å². The Balaban J connectivity index is 1.84. The summed E-state index contributed by atoms with van der Waals surface area (Å²) in [5, 5.41) is 0. The third-order valence-electron chi connectivity index (χ3n) is 3.81. The number of likely N-dealkylation sites (tertiary alicyclic amines) is 1. The van der Waals surface area contributed by atoms with Crippen LogP contribution in [0.15, 0.2) is 29.2 Å². The Kier molecular flexibility index (Phi) is 6.33. The highest BCUT2D eigenvalue weighted by Crippen LogP contribution is 2.21. The average Bonchev–Trinajstić information content (AvgIpc) is 2.55. The maximum absolute atomic E-state index is 12.4. The van der Waals surface area contributed by atoms with Crippen molar-refractivity contribution in [2.45, 2.75) is 43.8 Å². The maximum atomic E-state index is 12.4. The average molecular weight is 337 g/mol. The van der Waals surface area contributed by atoms with Crippen LogP contribution in [0.5, 0.6) is 5.75 Å². The van der Waals surface area contributed by atoms with Crippen molar-refractivity contribution >= 4 is 23.6 Å². The lowest BCUT2D eigenvalue weighted by Crippen LogP contribution is -2.46. The van der Waals surface area contributed by atoms with Gasteiger partial charge < -0.3 is 14.4 Å². The fourth-order valence-corrected chi connectivity index (χ4v) is 3.00. The molecule has 1 fully saturated rings. The number of benzene rings is 1. The molecule has 0 aromatic heterocycles. The van der Waals surface area contributed by atoms with Crippen LogP contribution in [0.3, 0.4) is 0 Å². The largest absolute Gasteiger partial charge is 0.481 e. The van der Waals surface area contributed by atoms with Gasteiger partial charge in [0.15, 0.2) is 6.10 Å². The third-order valence-corrected chi connectivity index (χ3v) is 4.55. The molecule has 0 aliphatic carbocycles. The molecule has 0 radical (unpaired) electrons. The van der Waals surface area contributed by atoms with E-state index in [4.69, 9.17) is 9.47 Å². The molecule has 1 heterocycles. The summed E-state index contributed by atoms with van der Waals surface area (Å²) in [6, 6.07) is 7.70. The number of piperidine rings is 1. The Morgan fingerprint density at radius 2 is 1.83 bits per heavy atom. The van der Waals surface area contributed by atoms with E-state index in [1.54, 1.807) is 23.6 Å². The zero-order valence-electron chi connectivity index (χ0n) is 13.8. The smallest absolute Gasteiger partial charge is 0.302 e.